The number of rotatable bonds is 3. The third-order valence-electron chi connectivity index (χ3n) is 4.90. The molecule has 1 aliphatic carbocycles. The smallest absolute Gasteiger partial charge is 0.225 e. The van der Waals surface area contributed by atoms with Crippen LogP contribution in [0.5, 0.6) is 0 Å². The molecule has 4 rings (SSSR count). The van der Waals surface area contributed by atoms with E-state index in [0.29, 0.717) is 11.9 Å². The van der Waals surface area contributed by atoms with E-state index in [1.54, 1.807) is 23.5 Å². The van der Waals surface area contributed by atoms with Gasteiger partial charge in [0.1, 0.15) is 5.82 Å². The van der Waals surface area contributed by atoms with E-state index in [9.17, 15) is 9.18 Å². The largest absolute Gasteiger partial charge is 0.348 e. The molecule has 0 atom stereocenters. The van der Waals surface area contributed by atoms with Crippen molar-refractivity contribution in [3.05, 3.63) is 24.0 Å². The van der Waals surface area contributed by atoms with Crippen LogP contribution in [-0.2, 0) is 4.79 Å². The molecule has 2 aliphatic rings. The van der Waals surface area contributed by atoms with E-state index in [1.165, 1.54) is 6.07 Å². The van der Waals surface area contributed by atoms with Crippen molar-refractivity contribution < 1.29 is 9.18 Å². The zero-order valence-corrected chi connectivity index (χ0v) is 14.0. The number of aromatic nitrogens is 1. The van der Waals surface area contributed by atoms with E-state index in [1.807, 2.05) is 11.9 Å². The lowest BCUT2D eigenvalue weighted by atomic mass is 10.0. The number of anilines is 1. The molecule has 0 unspecified atom stereocenters. The van der Waals surface area contributed by atoms with Gasteiger partial charge in [-0.25, -0.2) is 9.37 Å². The highest BCUT2D eigenvalue weighted by Gasteiger charge is 2.35. The molecule has 2 fully saturated rings. The standard InChI is InChI=1S/C17H20FN3OS/c1-20(16(22)11-2-3-11)13-6-8-21(9-7-13)17-19-14-5-4-12(18)10-15(14)23-17/h4-5,10-11,13H,2-3,6-9H2,1H3. The molecule has 1 saturated heterocycles. The van der Waals surface area contributed by atoms with Crippen LogP contribution in [0, 0.1) is 11.7 Å². The number of benzene rings is 1. The molecule has 1 aromatic carbocycles. The van der Waals surface area contributed by atoms with Gasteiger partial charge in [-0.1, -0.05) is 11.3 Å². The minimum Gasteiger partial charge on any atom is -0.348 e. The summed E-state index contributed by atoms with van der Waals surface area (Å²) in [5.74, 6) is 0.391. The van der Waals surface area contributed by atoms with Crippen molar-refractivity contribution in [2.24, 2.45) is 5.92 Å². The maximum atomic E-state index is 13.3. The van der Waals surface area contributed by atoms with E-state index >= 15 is 0 Å². The van der Waals surface area contributed by atoms with Crippen molar-refractivity contribution in [2.75, 3.05) is 25.0 Å². The molecular formula is C17H20FN3OS. The minimum atomic E-state index is -0.216. The van der Waals surface area contributed by atoms with Crippen molar-refractivity contribution in [1.29, 1.82) is 0 Å². The van der Waals surface area contributed by atoms with E-state index in [2.05, 4.69) is 9.88 Å². The lowest BCUT2D eigenvalue weighted by Crippen LogP contribution is -2.46. The van der Waals surface area contributed by atoms with Crippen LogP contribution in [0.15, 0.2) is 18.2 Å². The van der Waals surface area contributed by atoms with Crippen molar-refractivity contribution in [1.82, 2.24) is 9.88 Å². The van der Waals surface area contributed by atoms with Crippen LogP contribution >= 0.6 is 11.3 Å². The number of hydrogen-bond donors (Lipinski definition) is 0. The molecule has 6 heteroatoms. The average molecular weight is 333 g/mol. The van der Waals surface area contributed by atoms with Gasteiger partial charge >= 0.3 is 0 Å². The molecule has 1 amide bonds. The Morgan fingerprint density at radius 3 is 2.74 bits per heavy atom. The summed E-state index contributed by atoms with van der Waals surface area (Å²) in [7, 11) is 1.95. The predicted octanol–water partition coefficient (Wildman–Crippen LogP) is 3.27. The fourth-order valence-corrected chi connectivity index (χ4v) is 4.31. The highest BCUT2D eigenvalue weighted by Crippen LogP contribution is 2.34. The highest BCUT2D eigenvalue weighted by molar-refractivity contribution is 7.22. The fraction of sp³-hybridized carbons (Fsp3) is 0.529. The first kappa shape index (κ1) is 14.9. The van der Waals surface area contributed by atoms with Gasteiger partial charge in [-0.05, 0) is 43.9 Å². The molecule has 1 aromatic heterocycles. The third kappa shape index (κ3) is 2.92. The second kappa shape index (κ2) is 5.74. The topological polar surface area (TPSA) is 36.4 Å². The molecular weight excluding hydrogens is 313 g/mol. The quantitative estimate of drug-likeness (QED) is 0.865. The van der Waals surface area contributed by atoms with Crippen molar-refractivity contribution in [3.63, 3.8) is 0 Å². The molecule has 0 N–H and O–H groups in total. The van der Waals surface area contributed by atoms with Crippen LogP contribution in [0.1, 0.15) is 25.7 Å². The second-order valence-corrected chi connectivity index (χ2v) is 7.56. The van der Waals surface area contributed by atoms with Crippen LogP contribution in [0.2, 0.25) is 0 Å². The maximum Gasteiger partial charge on any atom is 0.225 e. The van der Waals surface area contributed by atoms with Gasteiger partial charge in [0.15, 0.2) is 5.13 Å². The summed E-state index contributed by atoms with van der Waals surface area (Å²) in [6.45, 7) is 1.80. The average Bonchev–Trinajstić information content (AvgIpc) is 3.33. The Morgan fingerprint density at radius 2 is 2.04 bits per heavy atom. The number of carbonyl (C=O) groups excluding carboxylic acids is 1. The molecule has 2 aromatic rings. The number of nitrogens with zero attached hydrogens (tertiary/aromatic N) is 3. The summed E-state index contributed by atoms with van der Waals surface area (Å²) >= 11 is 1.54. The molecule has 122 valence electrons. The van der Waals surface area contributed by atoms with Gasteiger partial charge in [0, 0.05) is 32.1 Å². The Kier molecular flexibility index (Phi) is 3.71. The Bertz CT molecular complexity index is 735. The molecule has 0 radical (unpaired) electrons. The third-order valence-corrected chi connectivity index (χ3v) is 5.98. The van der Waals surface area contributed by atoms with Gasteiger partial charge in [-0.3, -0.25) is 4.79 Å². The van der Waals surface area contributed by atoms with Gasteiger partial charge in [0.25, 0.3) is 0 Å². The van der Waals surface area contributed by atoms with E-state index in [-0.39, 0.29) is 11.7 Å². The zero-order chi connectivity index (χ0) is 16.0. The molecule has 1 saturated carbocycles. The van der Waals surface area contributed by atoms with Gasteiger partial charge in [0.2, 0.25) is 5.91 Å². The van der Waals surface area contributed by atoms with Crippen LogP contribution in [0.25, 0.3) is 10.2 Å². The van der Waals surface area contributed by atoms with Crippen LogP contribution < -0.4 is 4.90 Å². The lowest BCUT2D eigenvalue weighted by molar-refractivity contribution is -0.133. The number of carbonyl (C=O) groups is 1. The van der Waals surface area contributed by atoms with E-state index in [4.69, 9.17) is 0 Å². The Morgan fingerprint density at radius 1 is 1.30 bits per heavy atom. The molecule has 23 heavy (non-hydrogen) atoms. The normalized spacial score (nSPS) is 19.3. The lowest BCUT2D eigenvalue weighted by Gasteiger charge is -2.36. The fourth-order valence-electron chi connectivity index (χ4n) is 3.26. The van der Waals surface area contributed by atoms with Crippen LogP contribution in [-0.4, -0.2) is 42.0 Å². The Labute approximate surface area is 138 Å². The van der Waals surface area contributed by atoms with Gasteiger partial charge < -0.3 is 9.80 Å². The second-order valence-electron chi connectivity index (χ2n) is 6.55. The summed E-state index contributed by atoms with van der Waals surface area (Å²) in [5.41, 5.74) is 0.856. The summed E-state index contributed by atoms with van der Waals surface area (Å²) in [4.78, 5) is 21.0. The van der Waals surface area contributed by atoms with Crippen molar-refractivity contribution >= 4 is 32.6 Å². The number of halogens is 1. The molecule has 1 aliphatic heterocycles. The van der Waals surface area contributed by atoms with Crippen molar-refractivity contribution in [3.8, 4) is 0 Å². The Hall–Kier alpha value is -1.69. The number of piperidine rings is 1. The van der Waals surface area contributed by atoms with E-state index < -0.39 is 0 Å². The highest BCUT2D eigenvalue weighted by atomic mass is 32.1. The summed E-state index contributed by atoms with van der Waals surface area (Å²) in [6, 6.07) is 5.08. The van der Waals surface area contributed by atoms with Crippen molar-refractivity contribution in [2.45, 2.75) is 31.7 Å². The number of hydrogen-bond acceptors (Lipinski definition) is 4. The van der Waals surface area contributed by atoms with Gasteiger partial charge in [0.05, 0.1) is 10.2 Å². The SMILES string of the molecule is CN(C(=O)C1CC1)C1CCN(c2nc3ccc(F)cc3s2)CC1. The first-order chi connectivity index (χ1) is 11.1. The molecule has 0 bridgehead atoms. The van der Waals surface area contributed by atoms with Gasteiger partial charge in [-0.15, -0.1) is 0 Å². The number of fused-ring (bicyclic) bond motifs is 1. The van der Waals surface area contributed by atoms with Crippen LogP contribution in [0.3, 0.4) is 0 Å². The van der Waals surface area contributed by atoms with Gasteiger partial charge in [-0.2, -0.15) is 0 Å². The number of thiazole rings is 1. The summed E-state index contributed by atoms with van der Waals surface area (Å²) in [5, 5.41) is 0.959. The maximum absolute atomic E-state index is 13.3. The minimum absolute atomic E-state index is 0.216. The van der Waals surface area contributed by atoms with Crippen LogP contribution in [0.4, 0.5) is 9.52 Å². The monoisotopic (exact) mass is 333 g/mol. The number of amides is 1. The van der Waals surface area contributed by atoms with E-state index in [0.717, 1.165) is 54.1 Å². The summed E-state index contributed by atoms with van der Waals surface area (Å²) in [6.07, 6.45) is 4.06. The predicted molar refractivity (Wildman–Crippen MR) is 90.3 cm³/mol. The summed E-state index contributed by atoms with van der Waals surface area (Å²) < 4.78 is 14.2. The first-order valence-electron chi connectivity index (χ1n) is 8.19. The first-order valence-corrected chi connectivity index (χ1v) is 9.01. The zero-order valence-electron chi connectivity index (χ0n) is 13.2. The molecule has 2 heterocycles. The Balaban J connectivity index is 1.42. The molecule has 0 spiro atoms. The molecule has 4 nitrogen and oxygen atoms in total.